The highest BCUT2D eigenvalue weighted by atomic mass is 35.5. The molecule has 4 rings (SSSR count). The standard InChI is InChI=1S/C24H26ClN3O4S2/c1-26-24-27(2)21(15-29)23(33-24)28-11-4-3-5-20(28)22(30)10-12-34(31,32)19-9-7-16-13-18(25)8-6-17(16)14-19/h6-9,13-15,20H,3-5,10-12H2,1-2H3. The van der Waals surface area contributed by atoms with Crippen LogP contribution in [0.3, 0.4) is 0 Å². The zero-order chi connectivity index (χ0) is 24.5. The average molecular weight is 520 g/mol. The number of aromatic nitrogens is 1. The van der Waals surface area contributed by atoms with Crippen molar-refractivity contribution >= 4 is 60.6 Å². The number of nitrogens with zero attached hydrogens (tertiary/aromatic N) is 3. The number of benzene rings is 2. The molecule has 0 N–H and O–H groups in total. The number of hydrogen-bond donors (Lipinski definition) is 0. The number of thiazole rings is 1. The molecule has 1 fully saturated rings. The lowest BCUT2D eigenvalue weighted by Crippen LogP contribution is -2.45. The number of sulfone groups is 1. The molecule has 0 amide bonds. The summed E-state index contributed by atoms with van der Waals surface area (Å²) < 4.78 is 27.8. The minimum Gasteiger partial charge on any atom is -0.351 e. The van der Waals surface area contributed by atoms with Gasteiger partial charge in [0.1, 0.15) is 10.7 Å². The molecule has 10 heteroatoms. The van der Waals surface area contributed by atoms with E-state index in [1.165, 1.54) is 11.3 Å². The fraction of sp³-hybridized carbons (Fsp3) is 0.375. The number of fused-ring (bicyclic) bond motifs is 1. The number of Topliss-reactive ketones (excluding diaryl/α,β-unsaturated/α-hetero) is 1. The van der Waals surface area contributed by atoms with Crippen LogP contribution in [0.15, 0.2) is 46.3 Å². The van der Waals surface area contributed by atoms with E-state index in [1.807, 2.05) is 4.90 Å². The zero-order valence-electron chi connectivity index (χ0n) is 19.0. The van der Waals surface area contributed by atoms with E-state index in [0.717, 1.165) is 29.9 Å². The van der Waals surface area contributed by atoms with Crippen LogP contribution in [0.1, 0.15) is 36.2 Å². The van der Waals surface area contributed by atoms with Gasteiger partial charge in [0.2, 0.25) is 0 Å². The molecule has 1 saturated heterocycles. The molecule has 34 heavy (non-hydrogen) atoms. The second-order valence-corrected chi connectivity index (χ2v) is 11.9. The maximum Gasteiger partial charge on any atom is 0.186 e. The maximum atomic E-state index is 13.2. The van der Waals surface area contributed by atoms with Crippen molar-refractivity contribution in [1.29, 1.82) is 0 Å². The predicted molar refractivity (Wildman–Crippen MR) is 136 cm³/mol. The first-order valence-electron chi connectivity index (χ1n) is 11.0. The quantitative estimate of drug-likeness (QED) is 0.440. The molecule has 0 radical (unpaired) electrons. The maximum absolute atomic E-state index is 13.2. The van der Waals surface area contributed by atoms with Crippen molar-refractivity contribution in [1.82, 2.24) is 4.57 Å². The SMILES string of the molecule is CN=c1sc(N2CCCCC2C(=O)CCS(=O)(=O)c2ccc3cc(Cl)ccc3c2)c(C=O)n1C. The van der Waals surface area contributed by atoms with Gasteiger partial charge in [0.15, 0.2) is 26.7 Å². The second-order valence-electron chi connectivity index (χ2n) is 8.37. The minimum atomic E-state index is -3.64. The summed E-state index contributed by atoms with van der Waals surface area (Å²) in [7, 11) is -0.205. The van der Waals surface area contributed by atoms with E-state index in [-0.39, 0.29) is 22.9 Å². The first kappa shape index (κ1) is 24.6. The molecule has 2 aromatic carbocycles. The van der Waals surface area contributed by atoms with Crippen LogP contribution in [0.4, 0.5) is 5.00 Å². The summed E-state index contributed by atoms with van der Waals surface area (Å²) in [5.41, 5.74) is 0.481. The lowest BCUT2D eigenvalue weighted by atomic mass is 9.97. The Morgan fingerprint density at radius 1 is 1.21 bits per heavy atom. The Morgan fingerprint density at radius 3 is 2.68 bits per heavy atom. The smallest absolute Gasteiger partial charge is 0.186 e. The summed E-state index contributed by atoms with van der Waals surface area (Å²) in [6.45, 7) is 0.640. The lowest BCUT2D eigenvalue weighted by molar-refractivity contribution is -0.120. The molecule has 3 aromatic rings. The highest BCUT2D eigenvalue weighted by molar-refractivity contribution is 7.91. The number of hydrogen-bond acceptors (Lipinski definition) is 7. The third kappa shape index (κ3) is 4.82. The number of piperidine rings is 1. The Kier molecular flexibility index (Phi) is 7.25. The van der Waals surface area contributed by atoms with E-state index in [0.29, 0.717) is 33.5 Å². The van der Waals surface area contributed by atoms with Gasteiger partial charge >= 0.3 is 0 Å². The first-order valence-corrected chi connectivity index (χ1v) is 13.9. The number of carbonyl (C=O) groups excluding carboxylic acids is 2. The molecule has 1 aromatic heterocycles. The van der Waals surface area contributed by atoms with Crippen LogP contribution < -0.4 is 9.70 Å². The number of halogens is 1. The van der Waals surface area contributed by atoms with Gasteiger partial charge < -0.3 is 9.47 Å². The van der Waals surface area contributed by atoms with Crippen molar-refractivity contribution in [2.24, 2.45) is 12.0 Å². The van der Waals surface area contributed by atoms with Crippen molar-refractivity contribution in [3.05, 3.63) is 51.9 Å². The van der Waals surface area contributed by atoms with Gasteiger partial charge in [-0.2, -0.15) is 0 Å². The van der Waals surface area contributed by atoms with E-state index < -0.39 is 15.9 Å². The molecule has 0 saturated carbocycles. The van der Waals surface area contributed by atoms with Gasteiger partial charge in [0.25, 0.3) is 0 Å². The molecule has 2 heterocycles. The molecule has 1 aliphatic heterocycles. The first-order chi connectivity index (χ1) is 16.2. The molecule has 0 spiro atoms. The topological polar surface area (TPSA) is 88.8 Å². The van der Waals surface area contributed by atoms with Crippen LogP contribution in [-0.2, 0) is 21.7 Å². The number of carbonyl (C=O) groups is 2. The molecule has 7 nitrogen and oxygen atoms in total. The molecule has 0 bridgehead atoms. The fourth-order valence-electron chi connectivity index (χ4n) is 4.40. The third-order valence-electron chi connectivity index (χ3n) is 6.24. The van der Waals surface area contributed by atoms with Gasteiger partial charge in [0.05, 0.1) is 16.7 Å². The van der Waals surface area contributed by atoms with Crippen LogP contribution in [0.5, 0.6) is 0 Å². The molecule has 180 valence electrons. The molecule has 1 atom stereocenters. The largest absolute Gasteiger partial charge is 0.351 e. The van der Waals surface area contributed by atoms with Gasteiger partial charge in [-0.15, -0.1) is 0 Å². The highest BCUT2D eigenvalue weighted by Crippen LogP contribution is 2.31. The summed E-state index contributed by atoms with van der Waals surface area (Å²) in [5, 5.41) is 2.93. The summed E-state index contributed by atoms with van der Waals surface area (Å²) in [5.74, 6) is -0.387. The minimum absolute atomic E-state index is 0.0823. The van der Waals surface area contributed by atoms with Crippen molar-refractivity contribution < 1.29 is 18.0 Å². The van der Waals surface area contributed by atoms with Gasteiger partial charge in [-0.1, -0.05) is 35.1 Å². The van der Waals surface area contributed by atoms with Crippen LogP contribution in [-0.4, -0.2) is 50.4 Å². The Bertz CT molecular complexity index is 1430. The third-order valence-corrected chi connectivity index (χ3v) is 9.47. The van der Waals surface area contributed by atoms with Crippen molar-refractivity contribution in [3.8, 4) is 0 Å². The van der Waals surface area contributed by atoms with E-state index in [1.54, 1.807) is 55.1 Å². The monoisotopic (exact) mass is 519 g/mol. The average Bonchev–Trinajstić information content (AvgIpc) is 3.17. The van der Waals surface area contributed by atoms with Gasteiger partial charge in [0, 0.05) is 32.1 Å². The Morgan fingerprint density at radius 2 is 1.94 bits per heavy atom. The van der Waals surface area contributed by atoms with Crippen LogP contribution in [0, 0.1) is 0 Å². The molecule has 1 aliphatic rings. The fourth-order valence-corrected chi connectivity index (χ4v) is 6.99. The van der Waals surface area contributed by atoms with E-state index in [2.05, 4.69) is 4.99 Å². The van der Waals surface area contributed by atoms with Crippen molar-refractivity contribution in [2.75, 3.05) is 24.2 Å². The van der Waals surface area contributed by atoms with Crippen molar-refractivity contribution in [3.63, 3.8) is 0 Å². The van der Waals surface area contributed by atoms with E-state index in [9.17, 15) is 18.0 Å². The van der Waals surface area contributed by atoms with E-state index >= 15 is 0 Å². The Hall–Kier alpha value is -2.49. The Balaban J connectivity index is 1.54. The number of rotatable bonds is 7. The summed E-state index contributed by atoms with van der Waals surface area (Å²) in [4.78, 5) is 32.1. The van der Waals surface area contributed by atoms with Crippen LogP contribution >= 0.6 is 22.9 Å². The molecule has 0 aliphatic carbocycles. The van der Waals surface area contributed by atoms with Gasteiger partial charge in [-0.25, -0.2) is 8.42 Å². The van der Waals surface area contributed by atoms with E-state index in [4.69, 9.17) is 11.6 Å². The number of aldehydes is 1. The van der Waals surface area contributed by atoms with Gasteiger partial charge in [-0.3, -0.25) is 14.6 Å². The number of ketones is 1. The van der Waals surface area contributed by atoms with Crippen molar-refractivity contribution in [2.45, 2.75) is 36.6 Å². The van der Waals surface area contributed by atoms with Gasteiger partial charge in [-0.05, 0) is 54.3 Å². The normalized spacial score (nSPS) is 17.3. The summed E-state index contributed by atoms with van der Waals surface area (Å²) in [6.07, 6.45) is 3.12. The highest BCUT2D eigenvalue weighted by Gasteiger charge is 2.32. The lowest BCUT2D eigenvalue weighted by Gasteiger charge is -2.35. The Labute approximate surface area is 207 Å². The molecular formula is C24H26ClN3O4S2. The predicted octanol–water partition coefficient (Wildman–Crippen LogP) is 4.03. The zero-order valence-corrected chi connectivity index (χ0v) is 21.4. The second kappa shape index (κ2) is 10.0. The van der Waals surface area contributed by atoms with Crippen LogP contribution in [0.2, 0.25) is 5.02 Å². The summed E-state index contributed by atoms with van der Waals surface area (Å²) >= 11 is 7.39. The summed E-state index contributed by atoms with van der Waals surface area (Å²) in [6, 6.07) is 9.74. The molecular weight excluding hydrogens is 494 g/mol. The molecule has 1 unspecified atom stereocenters. The van der Waals surface area contributed by atoms with Crippen LogP contribution in [0.25, 0.3) is 10.8 Å². The number of anilines is 1.